The van der Waals surface area contributed by atoms with Crippen LogP contribution in [0.3, 0.4) is 0 Å². The zero-order valence-electron chi connectivity index (χ0n) is 19.4. The van der Waals surface area contributed by atoms with Gasteiger partial charge >= 0.3 is 0 Å². The van der Waals surface area contributed by atoms with E-state index in [1.165, 1.54) is 5.56 Å². The molecule has 1 aliphatic heterocycles. The number of allylic oxidation sites excluding steroid dienone is 1. The molecule has 2 aromatic rings. The zero-order valence-corrected chi connectivity index (χ0v) is 20.1. The van der Waals surface area contributed by atoms with Crippen LogP contribution in [0.15, 0.2) is 89.6 Å². The first-order chi connectivity index (χ1) is 14.6. The average molecular weight is 438 g/mol. The molecule has 2 aromatic carbocycles. The standard InChI is InChI=1S/C18H23N3O.C8H9Cl/c1-12-10-8-9-11-17(12)22-15(4)19-18-13(2)14(3)20(6)16(5)21(18)7;1-2-7-3-5-8(9)6-4-7/h8-11H,3,5H2,1-2,4,6-7H3;3-6H,2H2,1H3/b19-15+;. The van der Waals surface area contributed by atoms with Gasteiger partial charge in [-0.2, -0.15) is 4.99 Å². The fourth-order valence-corrected chi connectivity index (χ4v) is 3.14. The molecule has 0 N–H and O–H groups in total. The van der Waals surface area contributed by atoms with Crippen LogP contribution < -0.4 is 4.74 Å². The van der Waals surface area contributed by atoms with Crippen molar-refractivity contribution in [1.82, 2.24) is 9.80 Å². The number of hydrogen-bond donors (Lipinski definition) is 0. The molecule has 1 aliphatic rings. The quantitative estimate of drug-likeness (QED) is 0.391. The summed E-state index contributed by atoms with van der Waals surface area (Å²) >= 11 is 5.67. The van der Waals surface area contributed by atoms with Crippen LogP contribution in [0.2, 0.25) is 5.02 Å². The highest BCUT2D eigenvalue weighted by Crippen LogP contribution is 2.30. The number of nitrogens with zero attached hydrogens (tertiary/aromatic N) is 3. The van der Waals surface area contributed by atoms with Gasteiger partial charge < -0.3 is 14.5 Å². The van der Waals surface area contributed by atoms with Crippen molar-refractivity contribution < 1.29 is 4.74 Å². The summed E-state index contributed by atoms with van der Waals surface area (Å²) in [5.74, 6) is 3.04. The minimum Gasteiger partial charge on any atom is -0.443 e. The monoisotopic (exact) mass is 437 g/mol. The molecule has 0 saturated heterocycles. The lowest BCUT2D eigenvalue weighted by Crippen LogP contribution is -2.34. The summed E-state index contributed by atoms with van der Waals surface area (Å²) in [6, 6.07) is 15.8. The second-order valence-electron chi connectivity index (χ2n) is 7.41. The number of rotatable bonds is 3. The van der Waals surface area contributed by atoms with Crippen molar-refractivity contribution in [3.8, 4) is 5.75 Å². The molecule has 0 unspecified atom stereocenters. The van der Waals surface area contributed by atoms with E-state index in [0.29, 0.717) is 5.90 Å². The van der Waals surface area contributed by atoms with E-state index in [9.17, 15) is 0 Å². The first-order valence-corrected chi connectivity index (χ1v) is 10.6. The summed E-state index contributed by atoms with van der Waals surface area (Å²) in [4.78, 5) is 8.51. The second-order valence-corrected chi connectivity index (χ2v) is 7.84. The van der Waals surface area contributed by atoms with Crippen molar-refractivity contribution >= 4 is 17.5 Å². The minimum atomic E-state index is 0.584. The Morgan fingerprint density at radius 1 is 1.00 bits per heavy atom. The van der Waals surface area contributed by atoms with Crippen LogP contribution in [0.4, 0.5) is 0 Å². The third-order valence-electron chi connectivity index (χ3n) is 5.20. The molecule has 1 heterocycles. The van der Waals surface area contributed by atoms with Crippen LogP contribution >= 0.6 is 11.6 Å². The Bertz CT molecular complexity index is 1010. The summed E-state index contributed by atoms with van der Waals surface area (Å²) in [7, 11) is 3.89. The first kappa shape index (κ1) is 24.3. The Morgan fingerprint density at radius 3 is 2.19 bits per heavy atom. The number of aryl methyl sites for hydroxylation is 2. The van der Waals surface area contributed by atoms with Gasteiger partial charge in [-0.1, -0.05) is 62.0 Å². The average Bonchev–Trinajstić information content (AvgIpc) is 2.76. The smallest absolute Gasteiger partial charge is 0.193 e. The third kappa shape index (κ3) is 6.25. The van der Waals surface area contributed by atoms with Gasteiger partial charge in [0.15, 0.2) is 5.90 Å². The van der Waals surface area contributed by atoms with E-state index in [1.807, 2.05) is 93.2 Å². The zero-order chi connectivity index (χ0) is 23.1. The number of para-hydroxylation sites is 1. The fourth-order valence-electron chi connectivity index (χ4n) is 3.02. The molecule has 0 spiro atoms. The fraction of sp³-hybridized carbons (Fsp3) is 0.269. The van der Waals surface area contributed by atoms with Crippen LogP contribution in [0.25, 0.3) is 0 Å². The van der Waals surface area contributed by atoms with Gasteiger partial charge in [-0.15, -0.1) is 0 Å². The summed E-state index contributed by atoms with van der Waals surface area (Å²) < 4.78 is 5.86. The van der Waals surface area contributed by atoms with Crippen LogP contribution in [-0.4, -0.2) is 29.8 Å². The Kier molecular flexibility index (Phi) is 8.52. The maximum absolute atomic E-state index is 5.86. The van der Waals surface area contributed by atoms with Crippen LogP contribution in [-0.2, 0) is 6.42 Å². The number of hydrogen-bond acceptors (Lipinski definition) is 4. The summed E-state index contributed by atoms with van der Waals surface area (Å²) in [6.45, 7) is 16.1. The molecule has 0 radical (unpaired) electrons. The van der Waals surface area contributed by atoms with Gasteiger partial charge in [0.05, 0.1) is 0 Å². The van der Waals surface area contributed by atoms with Gasteiger partial charge in [0.1, 0.15) is 17.4 Å². The van der Waals surface area contributed by atoms with Crippen molar-refractivity contribution in [3.63, 3.8) is 0 Å². The molecule has 0 amide bonds. The van der Waals surface area contributed by atoms with Gasteiger partial charge in [-0.05, 0) is 49.6 Å². The van der Waals surface area contributed by atoms with Gasteiger partial charge in [-0.25, -0.2) is 0 Å². The molecule has 164 valence electrons. The molecule has 4 nitrogen and oxygen atoms in total. The summed E-state index contributed by atoms with van der Waals surface area (Å²) in [5.41, 5.74) is 4.31. The SMILES string of the molecule is C=C1C(C)=C(/N=C(\C)Oc2ccccc2C)N(C)C(=C)N1C.CCc1ccc(Cl)cc1. The van der Waals surface area contributed by atoms with E-state index >= 15 is 0 Å². The highest BCUT2D eigenvalue weighted by atomic mass is 35.5. The lowest BCUT2D eigenvalue weighted by molar-refractivity contribution is 0.331. The van der Waals surface area contributed by atoms with E-state index < -0.39 is 0 Å². The molecule has 0 atom stereocenters. The molecule has 0 aliphatic carbocycles. The second kappa shape index (κ2) is 10.9. The van der Waals surface area contributed by atoms with Crippen LogP contribution in [0.5, 0.6) is 5.75 Å². The van der Waals surface area contributed by atoms with Crippen molar-refractivity contribution in [2.45, 2.75) is 34.1 Å². The van der Waals surface area contributed by atoms with Crippen molar-refractivity contribution in [2.75, 3.05) is 14.1 Å². The van der Waals surface area contributed by atoms with Crippen molar-refractivity contribution in [2.24, 2.45) is 4.99 Å². The van der Waals surface area contributed by atoms with E-state index in [0.717, 1.165) is 45.7 Å². The molecule has 0 aromatic heterocycles. The van der Waals surface area contributed by atoms with E-state index in [4.69, 9.17) is 16.3 Å². The van der Waals surface area contributed by atoms with Crippen LogP contribution in [0, 0.1) is 6.92 Å². The van der Waals surface area contributed by atoms with E-state index in [-0.39, 0.29) is 0 Å². The van der Waals surface area contributed by atoms with Crippen LogP contribution in [0.1, 0.15) is 31.9 Å². The maximum Gasteiger partial charge on any atom is 0.193 e. The van der Waals surface area contributed by atoms with Crippen molar-refractivity contribution in [1.29, 1.82) is 0 Å². The maximum atomic E-state index is 5.86. The van der Waals surface area contributed by atoms with E-state index in [1.54, 1.807) is 0 Å². The lowest BCUT2D eigenvalue weighted by atomic mass is 10.1. The Labute approximate surface area is 191 Å². The van der Waals surface area contributed by atoms with Gasteiger partial charge in [0, 0.05) is 37.3 Å². The number of halogens is 1. The number of likely N-dealkylation sites (N-methyl/N-ethyl adjacent to an activating group) is 1. The molecule has 0 fully saturated rings. The Hall–Kier alpha value is -2.98. The first-order valence-electron chi connectivity index (χ1n) is 10.2. The van der Waals surface area contributed by atoms with Gasteiger partial charge in [-0.3, -0.25) is 0 Å². The minimum absolute atomic E-state index is 0.584. The predicted octanol–water partition coefficient (Wildman–Crippen LogP) is 6.79. The predicted molar refractivity (Wildman–Crippen MR) is 132 cm³/mol. The molecular formula is C26H32ClN3O. The van der Waals surface area contributed by atoms with E-state index in [2.05, 4.69) is 25.1 Å². The van der Waals surface area contributed by atoms with Crippen molar-refractivity contribution in [3.05, 3.63) is 101 Å². The normalized spacial score (nSPS) is 14.5. The molecule has 5 heteroatoms. The molecule has 0 saturated carbocycles. The highest BCUT2D eigenvalue weighted by Gasteiger charge is 2.24. The largest absolute Gasteiger partial charge is 0.443 e. The summed E-state index contributed by atoms with van der Waals surface area (Å²) in [6.07, 6.45) is 1.08. The third-order valence-corrected chi connectivity index (χ3v) is 5.45. The molecule has 3 rings (SSSR count). The topological polar surface area (TPSA) is 28.1 Å². The number of benzene rings is 2. The molecule has 0 bridgehead atoms. The number of aliphatic imine (C=N–C) groups is 1. The lowest BCUT2D eigenvalue weighted by Gasteiger charge is -2.37. The number of ether oxygens (including phenoxy) is 1. The van der Waals surface area contributed by atoms with Gasteiger partial charge in [0.25, 0.3) is 0 Å². The Morgan fingerprint density at radius 2 is 1.61 bits per heavy atom. The Balaban J connectivity index is 0.000000316. The molecule has 31 heavy (non-hydrogen) atoms. The molecular weight excluding hydrogens is 406 g/mol. The highest BCUT2D eigenvalue weighted by molar-refractivity contribution is 6.30. The van der Waals surface area contributed by atoms with Gasteiger partial charge in [0.2, 0.25) is 0 Å². The summed E-state index contributed by atoms with van der Waals surface area (Å²) in [5, 5.41) is 0.812.